The molecule has 2 aromatic rings. The van der Waals surface area contributed by atoms with Gasteiger partial charge in [0.05, 0.1) is 23.2 Å². The molecule has 0 radical (unpaired) electrons. The van der Waals surface area contributed by atoms with Crippen LogP contribution in [-0.2, 0) is 22.3 Å². The molecule has 0 bridgehead atoms. The minimum Gasteiger partial charge on any atom is -0.465 e. The number of carbonyl (C=O) groups is 3. The summed E-state index contributed by atoms with van der Waals surface area (Å²) in [4.78, 5) is 46.9. The van der Waals surface area contributed by atoms with Crippen molar-refractivity contribution in [3.05, 3.63) is 74.3 Å². The molecule has 29 heavy (non-hydrogen) atoms. The van der Waals surface area contributed by atoms with Gasteiger partial charge in [-0.25, -0.2) is 9.59 Å². The number of hydrogen-bond donors (Lipinski definition) is 0. The van der Waals surface area contributed by atoms with E-state index in [2.05, 4.69) is 4.74 Å². The molecule has 0 saturated carbocycles. The van der Waals surface area contributed by atoms with Gasteiger partial charge in [-0.1, -0.05) is 26.0 Å². The Hall–Kier alpha value is -3.55. The summed E-state index contributed by atoms with van der Waals surface area (Å²) < 4.78 is 9.60. The topological polar surface area (TPSA) is 113 Å². The molecule has 0 aliphatic heterocycles. The maximum atomic E-state index is 12.6. The highest BCUT2D eigenvalue weighted by molar-refractivity contribution is 6.01. The molecule has 0 aromatic heterocycles. The van der Waals surface area contributed by atoms with Crippen molar-refractivity contribution in [2.24, 2.45) is 0 Å². The molecule has 0 unspecified atom stereocenters. The molecule has 0 fully saturated rings. The van der Waals surface area contributed by atoms with Crippen LogP contribution in [0.25, 0.3) is 0 Å². The highest BCUT2D eigenvalue weighted by Gasteiger charge is 2.20. The van der Waals surface area contributed by atoms with E-state index in [-0.39, 0.29) is 16.9 Å². The number of nitrogens with zero attached hydrogens (tertiary/aromatic N) is 1. The van der Waals surface area contributed by atoms with Crippen LogP contribution in [0.5, 0.6) is 0 Å². The Morgan fingerprint density at radius 3 is 2.17 bits per heavy atom. The van der Waals surface area contributed by atoms with Gasteiger partial charge >= 0.3 is 11.9 Å². The number of nitro groups is 1. The maximum absolute atomic E-state index is 12.6. The molecule has 0 heterocycles. The summed E-state index contributed by atoms with van der Waals surface area (Å²) in [5.41, 5.74) is 1.46. The van der Waals surface area contributed by atoms with Gasteiger partial charge in [0.1, 0.15) is 0 Å². The Labute approximate surface area is 167 Å². The lowest BCUT2D eigenvalue weighted by Crippen LogP contribution is -2.16. The van der Waals surface area contributed by atoms with Gasteiger partial charge in [-0.2, -0.15) is 0 Å². The quantitative estimate of drug-likeness (QED) is 0.289. The van der Waals surface area contributed by atoms with E-state index < -0.39 is 29.2 Å². The van der Waals surface area contributed by atoms with Crippen molar-refractivity contribution in [3.63, 3.8) is 0 Å². The molecular formula is C21H21NO7. The zero-order valence-corrected chi connectivity index (χ0v) is 16.4. The van der Waals surface area contributed by atoms with Crippen molar-refractivity contribution in [3.8, 4) is 0 Å². The van der Waals surface area contributed by atoms with E-state index in [0.717, 1.165) is 42.9 Å². The molecule has 8 heteroatoms. The summed E-state index contributed by atoms with van der Waals surface area (Å²) in [7, 11) is 1.12. The fourth-order valence-electron chi connectivity index (χ4n) is 2.77. The zero-order valence-electron chi connectivity index (χ0n) is 16.4. The number of aryl methyl sites for hydroxylation is 2. The van der Waals surface area contributed by atoms with Crippen LogP contribution >= 0.6 is 0 Å². The molecule has 8 nitrogen and oxygen atoms in total. The minimum absolute atomic E-state index is 0.163. The molecule has 0 amide bonds. The second-order valence-corrected chi connectivity index (χ2v) is 6.22. The fraction of sp³-hybridized carbons (Fsp3) is 0.286. The van der Waals surface area contributed by atoms with Gasteiger partial charge in [0.15, 0.2) is 6.61 Å². The van der Waals surface area contributed by atoms with E-state index in [0.29, 0.717) is 12.0 Å². The molecule has 152 valence electrons. The van der Waals surface area contributed by atoms with Crippen LogP contribution in [0, 0.1) is 10.1 Å². The Morgan fingerprint density at radius 1 is 0.966 bits per heavy atom. The van der Waals surface area contributed by atoms with Gasteiger partial charge in [0, 0.05) is 17.7 Å². The molecule has 0 aliphatic carbocycles. The van der Waals surface area contributed by atoms with E-state index >= 15 is 0 Å². The number of non-ortho nitro benzene ring substituents is 1. The lowest BCUT2D eigenvalue weighted by atomic mass is 9.98. The highest BCUT2D eigenvalue weighted by atomic mass is 16.6. The molecule has 2 rings (SSSR count). The number of hydrogen-bond acceptors (Lipinski definition) is 7. The first-order valence-electron chi connectivity index (χ1n) is 9.00. The summed E-state index contributed by atoms with van der Waals surface area (Å²) in [6.07, 6.45) is 1.40. The zero-order chi connectivity index (χ0) is 21.6. The van der Waals surface area contributed by atoms with Gasteiger partial charge in [0.2, 0.25) is 5.78 Å². The van der Waals surface area contributed by atoms with E-state index in [4.69, 9.17) is 4.74 Å². The summed E-state index contributed by atoms with van der Waals surface area (Å²) >= 11 is 0. The number of carbonyl (C=O) groups excluding carboxylic acids is 3. The molecule has 0 aliphatic rings. The van der Waals surface area contributed by atoms with E-state index in [1.807, 2.05) is 26.0 Å². The normalized spacial score (nSPS) is 10.3. The molecule has 0 saturated heterocycles. The van der Waals surface area contributed by atoms with Crippen LogP contribution < -0.4 is 0 Å². The predicted octanol–water partition coefficient (Wildman–Crippen LogP) is 3.55. The second kappa shape index (κ2) is 9.59. The first kappa shape index (κ1) is 21.7. The number of Topliss-reactive ketones (excluding diaryl/α,β-unsaturated/α-hetero) is 1. The molecular weight excluding hydrogens is 378 g/mol. The Morgan fingerprint density at radius 2 is 1.62 bits per heavy atom. The Balaban J connectivity index is 2.23. The van der Waals surface area contributed by atoms with Crippen molar-refractivity contribution in [1.82, 2.24) is 0 Å². The average molecular weight is 399 g/mol. The van der Waals surface area contributed by atoms with Crippen molar-refractivity contribution in [1.29, 1.82) is 0 Å². The Kier molecular flexibility index (Phi) is 7.19. The van der Waals surface area contributed by atoms with Crippen LogP contribution in [0.1, 0.15) is 56.0 Å². The second-order valence-electron chi connectivity index (χ2n) is 6.22. The van der Waals surface area contributed by atoms with Crippen LogP contribution in [-0.4, -0.2) is 36.4 Å². The monoisotopic (exact) mass is 399 g/mol. The first-order valence-corrected chi connectivity index (χ1v) is 9.00. The maximum Gasteiger partial charge on any atom is 0.338 e. The SMILES string of the molecule is CCc1ccc(CC)c(C(=O)COC(=O)c2cc(C(=O)OC)cc([N+](=O)[O-])c2)c1. The van der Waals surface area contributed by atoms with Gasteiger partial charge in [-0.15, -0.1) is 0 Å². The first-order chi connectivity index (χ1) is 13.8. The van der Waals surface area contributed by atoms with Gasteiger partial charge in [-0.05, 0) is 36.1 Å². The van der Waals surface area contributed by atoms with Crippen molar-refractivity contribution < 1.29 is 28.8 Å². The van der Waals surface area contributed by atoms with Crippen LogP contribution in [0.15, 0.2) is 36.4 Å². The number of ether oxygens (including phenoxy) is 2. The van der Waals surface area contributed by atoms with Gasteiger partial charge in [-0.3, -0.25) is 14.9 Å². The third-order valence-corrected chi connectivity index (χ3v) is 4.38. The highest BCUT2D eigenvalue weighted by Crippen LogP contribution is 2.20. The minimum atomic E-state index is -0.947. The number of esters is 2. The number of nitro benzene ring substituents is 1. The van der Waals surface area contributed by atoms with Crippen molar-refractivity contribution in [2.45, 2.75) is 26.7 Å². The lowest BCUT2D eigenvalue weighted by molar-refractivity contribution is -0.384. The van der Waals surface area contributed by atoms with Gasteiger partial charge < -0.3 is 9.47 Å². The van der Waals surface area contributed by atoms with Crippen LogP contribution in [0.3, 0.4) is 0 Å². The molecule has 0 atom stereocenters. The predicted molar refractivity (Wildman–Crippen MR) is 104 cm³/mol. The van der Waals surface area contributed by atoms with Gasteiger partial charge in [0.25, 0.3) is 5.69 Å². The molecule has 0 N–H and O–H groups in total. The summed E-state index contributed by atoms with van der Waals surface area (Å²) in [5.74, 6) is -2.15. The van der Waals surface area contributed by atoms with E-state index in [1.54, 1.807) is 6.07 Å². The smallest absolute Gasteiger partial charge is 0.338 e. The number of methoxy groups -OCH3 is 1. The standard InChI is InChI=1S/C21H21NO7/c1-4-13-6-7-14(5-2)18(8-13)19(23)12-29-21(25)16-9-15(20(24)28-3)10-17(11-16)22(26)27/h6-11H,4-5,12H2,1-3H3. The van der Waals surface area contributed by atoms with E-state index in [9.17, 15) is 24.5 Å². The van der Waals surface area contributed by atoms with Crippen molar-refractivity contribution in [2.75, 3.05) is 13.7 Å². The van der Waals surface area contributed by atoms with Crippen LogP contribution in [0.4, 0.5) is 5.69 Å². The summed E-state index contributed by atoms with van der Waals surface area (Å²) in [6, 6.07) is 8.70. The number of benzene rings is 2. The number of rotatable bonds is 8. The number of ketones is 1. The third-order valence-electron chi connectivity index (χ3n) is 4.38. The average Bonchev–Trinajstić information content (AvgIpc) is 2.75. The summed E-state index contributed by atoms with van der Waals surface area (Å²) in [5, 5.41) is 11.1. The van der Waals surface area contributed by atoms with Crippen LogP contribution in [0.2, 0.25) is 0 Å². The molecule has 2 aromatic carbocycles. The molecule has 0 spiro atoms. The third kappa shape index (κ3) is 5.25. The lowest BCUT2D eigenvalue weighted by Gasteiger charge is -2.10. The summed E-state index contributed by atoms with van der Waals surface area (Å²) in [6.45, 7) is 3.37. The largest absolute Gasteiger partial charge is 0.465 e. The van der Waals surface area contributed by atoms with Crippen molar-refractivity contribution >= 4 is 23.4 Å². The van der Waals surface area contributed by atoms with E-state index in [1.165, 1.54) is 0 Å². The Bertz CT molecular complexity index is 965. The fourth-order valence-corrected chi connectivity index (χ4v) is 2.77.